The third kappa shape index (κ3) is 2.66. The topological polar surface area (TPSA) is 63.8 Å². The molecular weight excluding hydrogens is 256 g/mol. The van der Waals surface area contributed by atoms with Crippen molar-refractivity contribution in [2.45, 2.75) is 24.0 Å². The monoisotopic (exact) mass is 272 g/mol. The molecule has 0 atom stereocenters. The third-order valence-corrected chi connectivity index (χ3v) is 3.86. The Kier molecular flexibility index (Phi) is 3.29. The maximum Gasteiger partial charge on any atom is 0.191 e. The summed E-state index contributed by atoms with van der Waals surface area (Å²) in [7, 11) is 0. The molecule has 0 fully saturated rings. The molecule has 2 aromatic rings. The summed E-state index contributed by atoms with van der Waals surface area (Å²) in [5.41, 5.74) is 8.64. The first-order chi connectivity index (χ1) is 9.24. The molecule has 1 heterocycles. The summed E-state index contributed by atoms with van der Waals surface area (Å²) in [5.74, 6) is 1.33. The van der Waals surface area contributed by atoms with Crippen LogP contribution in [-0.2, 0) is 12.8 Å². The van der Waals surface area contributed by atoms with Gasteiger partial charge >= 0.3 is 0 Å². The van der Waals surface area contributed by atoms with E-state index in [2.05, 4.69) is 39.6 Å². The number of nitrogens with zero attached hydrogens (tertiary/aromatic N) is 2. The van der Waals surface area contributed by atoms with Gasteiger partial charge in [-0.25, -0.2) is 9.97 Å². The van der Waals surface area contributed by atoms with Gasteiger partial charge in [-0.05, 0) is 30.2 Å². The van der Waals surface area contributed by atoms with E-state index in [1.54, 1.807) is 6.07 Å². The molecule has 0 unspecified atom stereocenters. The molecule has 3 rings (SSSR count). The number of aromatic nitrogens is 2. The molecule has 19 heavy (non-hydrogen) atoms. The molecule has 0 amide bonds. The molecule has 5 heteroatoms. The Labute approximate surface area is 116 Å². The van der Waals surface area contributed by atoms with E-state index in [-0.39, 0.29) is 0 Å². The van der Waals surface area contributed by atoms with Gasteiger partial charge in [-0.15, -0.1) is 0 Å². The molecule has 0 spiro atoms. The van der Waals surface area contributed by atoms with Gasteiger partial charge in [0, 0.05) is 12.1 Å². The fourth-order valence-corrected chi connectivity index (χ4v) is 2.86. The standard InChI is InChI=1S/C14H16N4S/c1-19-14-17-12(15)8-13(18-14)16-11-6-9-4-2-3-5-10(9)7-11/h2-5,8,11H,6-7H2,1H3,(H3,15,16,17,18). The predicted octanol–water partition coefficient (Wildman–Crippen LogP) is 2.36. The molecule has 0 aliphatic heterocycles. The van der Waals surface area contributed by atoms with Crippen LogP contribution in [0.1, 0.15) is 11.1 Å². The molecule has 98 valence electrons. The Hall–Kier alpha value is -1.75. The highest BCUT2D eigenvalue weighted by molar-refractivity contribution is 7.98. The van der Waals surface area contributed by atoms with Gasteiger partial charge in [0.2, 0.25) is 0 Å². The molecule has 0 radical (unpaired) electrons. The van der Waals surface area contributed by atoms with Crippen LogP contribution in [0, 0.1) is 0 Å². The highest BCUT2D eigenvalue weighted by Crippen LogP contribution is 2.24. The lowest BCUT2D eigenvalue weighted by molar-refractivity contribution is 0.763. The minimum atomic E-state index is 0.390. The van der Waals surface area contributed by atoms with Gasteiger partial charge < -0.3 is 11.1 Å². The zero-order chi connectivity index (χ0) is 13.2. The minimum Gasteiger partial charge on any atom is -0.383 e. The normalized spacial score (nSPS) is 14.4. The van der Waals surface area contributed by atoms with E-state index in [0.717, 1.165) is 18.7 Å². The fourth-order valence-electron chi connectivity index (χ4n) is 2.48. The first-order valence-electron chi connectivity index (χ1n) is 6.26. The molecule has 0 saturated carbocycles. The van der Waals surface area contributed by atoms with Crippen LogP contribution in [0.4, 0.5) is 11.6 Å². The number of rotatable bonds is 3. The number of hydrogen-bond donors (Lipinski definition) is 2. The van der Waals surface area contributed by atoms with Gasteiger partial charge in [-0.1, -0.05) is 36.0 Å². The minimum absolute atomic E-state index is 0.390. The summed E-state index contributed by atoms with van der Waals surface area (Å²) >= 11 is 1.50. The van der Waals surface area contributed by atoms with Gasteiger partial charge in [-0.3, -0.25) is 0 Å². The van der Waals surface area contributed by atoms with Crippen molar-refractivity contribution >= 4 is 23.4 Å². The predicted molar refractivity (Wildman–Crippen MR) is 79.5 cm³/mol. The molecule has 0 bridgehead atoms. The number of fused-ring (bicyclic) bond motifs is 1. The van der Waals surface area contributed by atoms with Crippen molar-refractivity contribution in [1.82, 2.24) is 9.97 Å². The lowest BCUT2D eigenvalue weighted by Crippen LogP contribution is -2.20. The largest absolute Gasteiger partial charge is 0.383 e. The smallest absolute Gasteiger partial charge is 0.191 e. The summed E-state index contributed by atoms with van der Waals surface area (Å²) < 4.78 is 0. The second-order valence-electron chi connectivity index (χ2n) is 4.68. The Bertz CT molecular complexity index is 575. The quantitative estimate of drug-likeness (QED) is 0.663. The van der Waals surface area contributed by atoms with Crippen LogP contribution in [0.3, 0.4) is 0 Å². The second kappa shape index (κ2) is 5.09. The van der Waals surface area contributed by atoms with Crippen molar-refractivity contribution in [2.75, 3.05) is 17.3 Å². The van der Waals surface area contributed by atoms with Gasteiger partial charge in [0.15, 0.2) is 5.16 Å². The summed E-state index contributed by atoms with van der Waals surface area (Å²) in [4.78, 5) is 8.60. The second-order valence-corrected chi connectivity index (χ2v) is 5.46. The van der Waals surface area contributed by atoms with E-state index in [1.165, 1.54) is 22.9 Å². The maximum atomic E-state index is 5.79. The first-order valence-corrected chi connectivity index (χ1v) is 7.49. The third-order valence-electron chi connectivity index (χ3n) is 3.31. The molecule has 1 aromatic carbocycles. The molecule has 1 aliphatic carbocycles. The molecule has 3 N–H and O–H groups in total. The van der Waals surface area contributed by atoms with E-state index in [1.807, 2.05) is 6.26 Å². The summed E-state index contributed by atoms with van der Waals surface area (Å²) in [5, 5.41) is 4.17. The number of hydrogen-bond acceptors (Lipinski definition) is 5. The Morgan fingerprint density at radius 3 is 2.53 bits per heavy atom. The highest BCUT2D eigenvalue weighted by Gasteiger charge is 2.21. The summed E-state index contributed by atoms with van der Waals surface area (Å²) in [6.07, 6.45) is 4.02. The van der Waals surface area contributed by atoms with Gasteiger partial charge in [0.05, 0.1) is 0 Å². The zero-order valence-corrected chi connectivity index (χ0v) is 11.6. The summed E-state index contributed by atoms with van der Waals surface area (Å²) in [6.45, 7) is 0. The van der Waals surface area contributed by atoms with Crippen LogP contribution in [0.2, 0.25) is 0 Å². The van der Waals surface area contributed by atoms with Crippen LogP contribution >= 0.6 is 11.8 Å². The average molecular weight is 272 g/mol. The van der Waals surface area contributed by atoms with Gasteiger partial charge in [-0.2, -0.15) is 0 Å². The van der Waals surface area contributed by atoms with E-state index in [9.17, 15) is 0 Å². The molecule has 4 nitrogen and oxygen atoms in total. The van der Waals surface area contributed by atoms with Crippen molar-refractivity contribution in [2.24, 2.45) is 0 Å². The fraction of sp³-hybridized carbons (Fsp3) is 0.286. The lowest BCUT2D eigenvalue weighted by Gasteiger charge is -2.13. The van der Waals surface area contributed by atoms with Crippen molar-refractivity contribution in [1.29, 1.82) is 0 Å². The van der Waals surface area contributed by atoms with Crippen molar-refractivity contribution in [3.63, 3.8) is 0 Å². The average Bonchev–Trinajstić information content (AvgIpc) is 2.80. The molecule has 1 aromatic heterocycles. The highest BCUT2D eigenvalue weighted by atomic mass is 32.2. The summed E-state index contributed by atoms with van der Waals surface area (Å²) in [6, 6.07) is 10.8. The maximum absolute atomic E-state index is 5.79. The Morgan fingerprint density at radius 1 is 1.21 bits per heavy atom. The van der Waals surface area contributed by atoms with Crippen LogP contribution < -0.4 is 11.1 Å². The van der Waals surface area contributed by atoms with E-state index >= 15 is 0 Å². The first kappa shape index (κ1) is 12.3. The number of thioether (sulfide) groups is 1. The number of benzene rings is 1. The van der Waals surface area contributed by atoms with Crippen LogP contribution in [-0.4, -0.2) is 22.3 Å². The Balaban J connectivity index is 1.75. The SMILES string of the molecule is CSc1nc(N)cc(NC2Cc3ccccc3C2)n1. The van der Waals surface area contributed by atoms with Crippen LogP contribution in [0.25, 0.3) is 0 Å². The van der Waals surface area contributed by atoms with Crippen molar-refractivity contribution in [3.8, 4) is 0 Å². The van der Waals surface area contributed by atoms with E-state index < -0.39 is 0 Å². The molecule has 0 saturated heterocycles. The van der Waals surface area contributed by atoms with Crippen molar-refractivity contribution in [3.05, 3.63) is 41.5 Å². The number of nitrogens with one attached hydrogen (secondary N) is 1. The van der Waals surface area contributed by atoms with E-state index in [4.69, 9.17) is 5.73 Å². The number of anilines is 2. The Morgan fingerprint density at radius 2 is 1.89 bits per heavy atom. The molecule has 1 aliphatic rings. The lowest BCUT2D eigenvalue weighted by atomic mass is 10.1. The van der Waals surface area contributed by atoms with Crippen LogP contribution in [0.5, 0.6) is 0 Å². The van der Waals surface area contributed by atoms with Gasteiger partial charge in [0.25, 0.3) is 0 Å². The number of nitrogens with two attached hydrogens (primary N) is 1. The molecular formula is C14H16N4S. The van der Waals surface area contributed by atoms with Gasteiger partial charge in [0.1, 0.15) is 11.6 Å². The number of nitrogen functional groups attached to an aromatic ring is 1. The zero-order valence-electron chi connectivity index (χ0n) is 10.8. The van der Waals surface area contributed by atoms with Crippen LogP contribution in [0.15, 0.2) is 35.5 Å². The van der Waals surface area contributed by atoms with Crippen molar-refractivity contribution < 1.29 is 0 Å². The van der Waals surface area contributed by atoms with E-state index in [0.29, 0.717) is 17.0 Å².